The molecule has 0 bridgehead atoms. The normalized spacial score (nSPS) is 17.0. The van der Waals surface area contributed by atoms with Gasteiger partial charge < -0.3 is 14.6 Å². The van der Waals surface area contributed by atoms with Gasteiger partial charge in [-0.15, -0.1) is 0 Å². The molecule has 1 aromatic heterocycles. The summed E-state index contributed by atoms with van der Waals surface area (Å²) < 4.78 is 10.3. The zero-order valence-corrected chi connectivity index (χ0v) is 20.5. The molecule has 8 nitrogen and oxygen atoms in total. The first kappa shape index (κ1) is 24.2. The molecule has 9 heteroatoms. The third-order valence-corrected chi connectivity index (χ3v) is 6.84. The van der Waals surface area contributed by atoms with E-state index in [-0.39, 0.29) is 27.9 Å². The summed E-state index contributed by atoms with van der Waals surface area (Å²) in [5.74, 6) is -1.91. The van der Waals surface area contributed by atoms with Gasteiger partial charge in [-0.25, -0.2) is 9.78 Å². The van der Waals surface area contributed by atoms with Crippen molar-refractivity contribution in [3.63, 3.8) is 0 Å². The van der Waals surface area contributed by atoms with Crippen molar-refractivity contribution in [2.24, 2.45) is 0 Å². The highest BCUT2D eigenvalue weighted by Crippen LogP contribution is 2.44. The number of nitrogens with zero attached hydrogens (tertiary/aromatic N) is 2. The second kappa shape index (κ2) is 9.71. The Balaban J connectivity index is 1.91. The summed E-state index contributed by atoms with van der Waals surface area (Å²) in [6.45, 7) is 5.31. The number of esters is 1. The van der Waals surface area contributed by atoms with E-state index in [1.165, 1.54) is 12.0 Å². The summed E-state index contributed by atoms with van der Waals surface area (Å²) in [7, 11) is 1.54. The van der Waals surface area contributed by atoms with E-state index in [9.17, 15) is 19.5 Å². The fourth-order valence-corrected chi connectivity index (χ4v) is 5.01. The van der Waals surface area contributed by atoms with Crippen molar-refractivity contribution >= 4 is 39.9 Å². The van der Waals surface area contributed by atoms with Gasteiger partial charge in [0.05, 0.1) is 31.0 Å². The number of methoxy groups -OCH3 is 1. The Kier molecular flexibility index (Phi) is 6.70. The molecule has 180 valence electrons. The number of rotatable bonds is 6. The average Bonchev–Trinajstić information content (AvgIpc) is 3.36. The highest BCUT2D eigenvalue weighted by atomic mass is 32.1. The Morgan fingerprint density at radius 1 is 1.14 bits per heavy atom. The number of carbonyl (C=O) groups excluding carboxylic acids is 3. The minimum atomic E-state index is -0.932. The number of ketones is 1. The van der Waals surface area contributed by atoms with E-state index in [1.54, 1.807) is 63.2 Å². The molecule has 4 rings (SSSR count). The molecule has 1 fully saturated rings. The van der Waals surface area contributed by atoms with Gasteiger partial charge in [-0.3, -0.25) is 14.5 Å². The van der Waals surface area contributed by atoms with Crippen molar-refractivity contribution in [1.29, 1.82) is 0 Å². The Bertz CT molecular complexity index is 1350. The topological polar surface area (TPSA) is 106 Å². The molecule has 0 radical (unpaired) electrons. The molecule has 0 aliphatic carbocycles. The zero-order valence-electron chi connectivity index (χ0n) is 19.7. The van der Waals surface area contributed by atoms with Gasteiger partial charge in [-0.2, -0.15) is 0 Å². The fourth-order valence-electron chi connectivity index (χ4n) is 4.03. The van der Waals surface area contributed by atoms with Crippen LogP contribution in [0.3, 0.4) is 0 Å². The number of anilines is 1. The third-order valence-electron chi connectivity index (χ3n) is 5.70. The molecule has 35 heavy (non-hydrogen) atoms. The predicted molar refractivity (Wildman–Crippen MR) is 132 cm³/mol. The van der Waals surface area contributed by atoms with Gasteiger partial charge in [-0.1, -0.05) is 41.7 Å². The summed E-state index contributed by atoms with van der Waals surface area (Å²) in [4.78, 5) is 44.9. The summed E-state index contributed by atoms with van der Waals surface area (Å²) in [5, 5.41) is 11.5. The molecular formula is C26H24N2O6S. The molecular weight excluding hydrogens is 468 g/mol. The maximum Gasteiger partial charge on any atom is 0.350 e. The predicted octanol–water partition coefficient (Wildman–Crippen LogP) is 4.57. The van der Waals surface area contributed by atoms with Crippen molar-refractivity contribution in [2.45, 2.75) is 26.8 Å². The van der Waals surface area contributed by atoms with Gasteiger partial charge in [0.1, 0.15) is 16.4 Å². The summed E-state index contributed by atoms with van der Waals surface area (Å²) >= 11 is 0.973. The second-order valence-corrected chi connectivity index (χ2v) is 8.87. The number of ether oxygens (including phenoxy) is 2. The largest absolute Gasteiger partial charge is 0.507 e. The zero-order chi connectivity index (χ0) is 25.3. The number of Topliss-reactive ketones (excluding diaryl/α,β-unsaturated/α-hetero) is 1. The molecule has 3 aromatic rings. The van der Waals surface area contributed by atoms with Crippen LogP contribution in [-0.4, -0.2) is 41.5 Å². The van der Waals surface area contributed by atoms with Crippen molar-refractivity contribution in [3.05, 3.63) is 81.4 Å². The maximum atomic E-state index is 13.3. The Labute approximate surface area is 206 Å². The van der Waals surface area contributed by atoms with Crippen LogP contribution in [0.4, 0.5) is 5.13 Å². The highest BCUT2D eigenvalue weighted by Gasteiger charge is 2.48. The summed E-state index contributed by atoms with van der Waals surface area (Å²) in [6, 6.07) is 13.0. The van der Waals surface area contributed by atoms with Crippen LogP contribution in [-0.2, 0) is 14.3 Å². The van der Waals surface area contributed by atoms with E-state index in [0.717, 1.165) is 11.3 Å². The second-order valence-electron chi connectivity index (χ2n) is 7.89. The Morgan fingerprint density at radius 3 is 2.49 bits per heavy atom. The first-order valence-corrected chi connectivity index (χ1v) is 11.8. The molecule has 1 atom stereocenters. The highest BCUT2D eigenvalue weighted by molar-refractivity contribution is 7.17. The van der Waals surface area contributed by atoms with Crippen LogP contribution in [0.2, 0.25) is 0 Å². The minimum Gasteiger partial charge on any atom is -0.507 e. The number of aliphatic hydroxyl groups is 1. The molecule has 0 saturated carbocycles. The van der Waals surface area contributed by atoms with Crippen LogP contribution in [0, 0.1) is 13.8 Å². The minimum absolute atomic E-state index is 0.0556. The maximum absolute atomic E-state index is 13.3. The Morgan fingerprint density at radius 2 is 1.86 bits per heavy atom. The van der Waals surface area contributed by atoms with Crippen LogP contribution in [0.1, 0.15) is 45.0 Å². The van der Waals surface area contributed by atoms with E-state index >= 15 is 0 Å². The van der Waals surface area contributed by atoms with Crippen molar-refractivity contribution in [2.75, 3.05) is 18.6 Å². The lowest BCUT2D eigenvalue weighted by Gasteiger charge is -2.23. The number of hydrogen-bond acceptors (Lipinski definition) is 8. The quantitative estimate of drug-likeness (QED) is 0.232. The number of carbonyl (C=O) groups is 3. The molecule has 1 aliphatic heterocycles. The van der Waals surface area contributed by atoms with E-state index in [4.69, 9.17) is 9.47 Å². The van der Waals surface area contributed by atoms with Gasteiger partial charge in [0.15, 0.2) is 5.13 Å². The summed E-state index contributed by atoms with van der Waals surface area (Å²) in [5.41, 5.74) is 2.04. The average molecular weight is 493 g/mol. The standard InChI is InChI=1S/C26H24N2O6S/c1-5-34-25(32)23-15(3)27-26(35-23)28-20(16-9-7-6-8-10-16)19(22(30)24(28)31)21(29)18-12-11-17(33-4)13-14(18)2/h6-13,20,29H,5H2,1-4H3/b21-19+. The van der Waals surface area contributed by atoms with E-state index in [1.807, 2.05) is 6.07 Å². The smallest absolute Gasteiger partial charge is 0.350 e. The van der Waals surface area contributed by atoms with Gasteiger partial charge >= 0.3 is 11.9 Å². The third kappa shape index (κ3) is 4.30. The molecule has 2 heterocycles. The van der Waals surface area contributed by atoms with Crippen LogP contribution in [0.25, 0.3) is 5.76 Å². The van der Waals surface area contributed by atoms with Crippen LogP contribution < -0.4 is 9.64 Å². The first-order valence-electron chi connectivity index (χ1n) is 10.9. The number of aryl methyl sites for hydroxylation is 2. The Hall–Kier alpha value is -3.98. The van der Waals surface area contributed by atoms with Gasteiger partial charge in [0.2, 0.25) is 0 Å². The molecule has 1 amide bonds. The van der Waals surface area contributed by atoms with Crippen LogP contribution in [0.5, 0.6) is 5.75 Å². The van der Waals surface area contributed by atoms with Gasteiger partial charge in [0.25, 0.3) is 5.78 Å². The summed E-state index contributed by atoms with van der Waals surface area (Å²) in [6.07, 6.45) is 0. The number of hydrogen-bond donors (Lipinski definition) is 1. The van der Waals surface area contributed by atoms with Gasteiger partial charge in [-0.05, 0) is 50.1 Å². The molecule has 0 spiro atoms. The number of aliphatic hydroxyl groups excluding tert-OH is 1. The monoisotopic (exact) mass is 492 g/mol. The lowest BCUT2D eigenvalue weighted by molar-refractivity contribution is -0.132. The van der Waals surface area contributed by atoms with Crippen molar-refractivity contribution in [3.8, 4) is 5.75 Å². The van der Waals surface area contributed by atoms with E-state index < -0.39 is 23.7 Å². The number of aromatic nitrogens is 1. The molecule has 2 aromatic carbocycles. The number of thiazole rings is 1. The molecule has 1 saturated heterocycles. The van der Waals surface area contributed by atoms with E-state index in [0.29, 0.717) is 28.1 Å². The van der Waals surface area contributed by atoms with Gasteiger partial charge in [0, 0.05) is 5.56 Å². The molecule has 1 aliphatic rings. The van der Waals surface area contributed by atoms with Crippen molar-refractivity contribution < 1.29 is 29.0 Å². The van der Waals surface area contributed by atoms with E-state index in [2.05, 4.69) is 4.98 Å². The molecule has 1 N–H and O–H groups in total. The van der Waals surface area contributed by atoms with Crippen LogP contribution >= 0.6 is 11.3 Å². The lowest BCUT2D eigenvalue weighted by Crippen LogP contribution is -2.29. The number of benzene rings is 2. The number of amides is 1. The molecule has 1 unspecified atom stereocenters. The lowest BCUT2D eigenvalue weighted by atomic mass is 9.94. The van der Waals surface area contributed by atoms with Crippen molar-refractivity contribution in [1.82, 2.24) is 4.98 Å². The fraction of sp³-hybridized carbons (Fsp3) is 0.231. The SMILES string of the molecule is CCOC(=O)c1sc(N2C(=O)C(=O)/C(=C(/O)c3ccc(OC)cc3C)C2c2ccccc2)nc1C. The first-order chi connectivity index (χ1) is 16.8. The van der Waals surface area contributed by atoms with Crippen LogP contribution in [0.15, 0.2) is 54.1 Å².